The Morgan fingerprint density at radius 1 is 1.32 bits per heavy atom. The Hall–Kier alpha value is -2.59. The van der Waals surface area contributed by atoms with Crippen molar-refractivity contribution in [2.45, 2.75) is 12.6 Å². The van der Waals surface area contributed by atoms with Crippen LogP contribution in [0.2, 0.25) is 0 Å². The number of carbonyl (C=O) groups excluding carboxylic acids is 1. The molecule has 0 saturated heterocycles. The van der Waals surface area contributed by atoms with Crippen molar-refractivity contribution in [1.82, 2.24) is 10.6 Å². The minimum absolute atomic E-state index is 0.190. The molecule has 0 aliphatic carbocycles. The SMILES string of the molecule is N#Cc1ccc(CNC(=O)N[C@H](CO)C(=O)O)cc1. The standard InChI is InChI=1S/C12H13N3O4/c13-5-8-1-3-9(4-2-8)6-14-12(19)15-10(7-16)11(17)18/h1-4,10,16H,6-7H2,(H,17,18)(H2,14,15,19)/t10-/m1/s1. The number of urea groups is 1. The highest BCUT2D eigenvalue weighted by Crippen LogP contribution is 2.02. The molecule has 0 aromatic heterocycles. The van der Waals surface area contributed by atoms with Crippen molar-refractivity contribution in [3.63, 3.8) is 0 Å². The third-order valence-electron chi connectivity index (χ3n) is 2.32. The number of aliphatic hydroxyl groups excluding tert-OH is 1. The summed E-state index contributed by atoms with van der Waals surface area (Å²) in [6, 6.07) is 6.54. The van der Waals surface area contributed by atoms with Gasteiger partial charge in [-0.1, -0.05) is 12.1 Å². The molecule has 1 rings (SSSR count). The largest absolute Gasteiger partial charge is 0.480 e. The van der Waals surface area contributed by atoms with Crippen molar-refractivity contribution >= 4 is 12.0 Å². The molecule has 4 N–H and O–H groups in total. The molecule has 1 aromatic rings. The summed E-state index contributed by atoms with van der Waals surface area (Å²) in [5, 5.41) is 30.5. The number of nitriles is 1. The number of carboxylic acid groups (broad SMARTS) is 1. The molecule has 7 heteroatoms. The van der Waals surface area contributed by atoms with E-state index in [-0.39, 0.29) is 6.54 Å². The van der Waals surface area contributed by atoms with Crippen LogP contribution in [0, 0.1) is 11.3 Å². The highest BCUT2D eigenvalue weighted by molar-refractivity contribution is 5.82. The maximum atomic E-state index is 11.4. The van der Waals surface area contributed by atoms with Crippen LogP contribution < -0.4 is 10.6 Å². The molecule has 0 aliphatic rings. The first-order chi connectivity index (χ1) is 9.06. The minimum atomic E-state index is -1.33. The van der Waals surface area contributed by atoms with Crippen LogP contribution in [0.1, 0.15) is 11.1 Å². The van der Waals surface area contributed by atoms with E-state index in [1.165, 1.54) is 0 Å². The Labute approximate surface area is 109 Å². The maximum absolute atomic E-state index is 11.4. The van der Waals surface area contributed by atoms with E-state index in [2.05, 4.69) is 10.6 Å². The zero-order chi connectivity index (χ0) is 14.3. The van der Waals surface area contributed by atoms with Gasteiger partial charge < -0.3 is 20.8 Å². The molecule has 1 aromatic carbocycles. The van der Waals surface area contributed by atoms with Gasteiger partial charge in [0.15, 0.2) is 6.04 Å². The molecule has 0 unspecified atom stereocenters. The minimum Gasteiger partial charge on any atom is -0.480 e. The molecule has 7 nitrogen and oxygen atoms in total. The smallest absolute Gasteiger partial charge is 0.328 e. The number of carbonyl (C=O) groups is 2. The van der Waals surface area contributed by atoms with Gasteiger partial charge in [-0.05, 0) is 17.7 Å². The van der Waals surface area contributed by atoms with E-state index in [4.69, 9.17) is 15.5 Å². The second kappa shape index (κ2) is 6.98. The highest BCUT2D eigenvalue weighted by Gasteiger charge is 2.18. The Bertz CT molecular complexity index is 493. The maximum Gasteiger partial charge on any atom is 0.328 e. The van der Waals surface area contributed by atoms with Crippen LogP contribution in [0.15, 0.2) is 24.3 Å². The second-order valence-corrected chi connectivity index (χ2v) is 3.71. The molecule has 0 heterocycles. The summed E-state index contributed by atoms with van der Waals surface area (Å²) in [5.74, 6) is -1.31. The fourth-order valence-electron chi connectivity index (χ4n) is 1.27. The highest BCUT2D eigenvalue weighted by atomic mass is 16.4. The molecule has 2 amide bonds. The first-order valence-electron chi connectivity index (χ1n) is 5.44. The molecule has 1 atom stereocenters. The first-order valence-corrected chi connectivity index (χ1v) is 5.44. The monoisotopic (exact) mass is 263 g/mol. The van der Waals surface area contributed by atoms with Crippen LogP contribution in [0.25, 0.3) is 0 Å². The molecule has 100 valence electrons. The van der Waals surface area contributed by atoms with Crippen molar-refractivity contribution in [3.8, 4) is 6.07 Å². The Morgan fingerprint density at radius 2 is 1.95 bits per heavy atom. The summed E-state index contributed by atoms with van der Waals surface area (Å²) in [6.45, 7) is -0.491. The van der Waals surface area contributed by atoms with Crippen molar-refractivity contribution in [2.24, 2.45) is 0 Å². The van der Waals surface area contributed by atoms with Gasteiger partial charge in [0.25, 0.3) is 0 Å². The number of carboxylic acids is 1. The predicted octanol–water partition coefficient (Wildman–Crippen LogP) is -0.197. The number of benzene rings is 1. The topological polar surface area (TPSA) is 122 Å². The van der Waals surface area contributed by atoms with Gasteiger partial charge in [0, 0.05) is 6.54 Å². The first kappa shape index (κ1) is 14.5. The van der Waals surface area contributed by atoms with Gasteiger partial charge >= 0.3 is 12.0 Å². The number of aliphatic carboxylic acids is 1. The van der Waals surface area contributed by atoms with Crippen molar-refractivity contribution < 1.29 is 19.8 Å². The number of hydrogen-bond acceptors (Lipinski definition) is 4. The number of rotatable bonds is 5. The summed E-state index contributed by atoms with van der Waals surface area (Å²) >= 11 is 0. The molecule has 0 saturated carbocycles. The molecule has 0 fully saturated rings. The third-order valence-corrected chi connectivity index (χ3v) is 2.32. The number of nitrogens with one attached hydrogen (secondary N) is 2. The van der Waals surface area contributed by atoms with Crippen molar-refractivity contribution in [2.75, 3.05) is 6.61 Å². The number of amides is 2. The van der Waals surface area contributed by atoms with Crippen molar-refractivity contribution in [3.05, 3.63) is 35.4 Å². The molecular weight excluding hydrogens is 250 g/mol. The lowest BCUT2D eigenvalue weighted by Gasteiger charge is -2.12. The quantitative estimate of drug-likeness (QED) is 0.586. The summed E-state index contributed by atoms with van der Waals surface area (Å²) in [4.78, 5) is 21.9. The number of hydrogen-bond donors (Lipinski definition) is 4. The molecule has 0 spiro atoms. The third kappa shape index (κ3) is 4.65. The molecule has 0 aliphatic heterocycles. The van der Waals surface area contributed by atoms with Gasteiger partial charge in [-0.15, -0.1) is 0 Å². The van der Waals surface area contributed by atoms with Gasteiger partial charge in [0.1, 0.15) is 0 Å². The second-order valence-electron chi connectivity index (χ2n) is 3.71. The summed E-state index contributed by atoms with van der Waals surface area (Å²) < 4.78 is 0. The van der Waals surface area contributed by atoms with Gasteiger partial charge in [0.05, 0.1) is 18.2 Å². The Balaban J connectivity index is 2.45. The van der Waals surface area contributed by atoms with Gasteiger partial charge in [-0.3, -0.25) is 0 Å². The van der Waals surface area contributed by atoms with E-state index < -0.39 is 24.6 Å². The van der Waals surface area contributed by atoms with E-state index in [0.29, 0.717) is 5.56 Å². The number of aliphatic hydroxyl groups is 1. The van der Waals surface area contributed by atoms with Crippen LogP contribution in [0.3, 0.4) is 0 Å². The van der Waals surface area contributed by atoms with Gasteiger partial charge in [0.2, 0.25) is 0 Å². The lowest BCUT2D eigenvalue weighted by molar-refractivity contribution is -0.140. The van der Waals surface area contributed by atoms with Crippen LogP contribution in [0.4, 0.5) is 4.79 Å². The van der Waals surface area contributed by atoms with Gasteiger partial charge in [-0.25, -0.2) is 9.59 Å². The van der Waals surface area contributed by atoms with E-state index in [9.17, 15) is 9.59 Å². The fourth-order valence-corrected chi connectivity index (χ4v) is 1.27. The molecule has 0 bridgehead atoms. The lowest BCUT2D eigenvalue weighted by Crippen LogP contribution is -2.47. The number of nitrogens with zero attached hydrogens (tertiary/aromatic N) is 1. The van der Waals surface area contributed by atoms with Crippen LogP contribution in [0.5, 0.6) is 0 Å². The molecule has 0 radical (unpaired) electrons. The zero-order valence-electron chi connectivity index (χ0n) is 9.96. The Kier molecular flexibility index (Phi) is 5.32. The summed E-state index contributed by atoms with van der Waals surface area (Å²) in [5.41, 5.74) is 1.28. The fraction of sp³-hybridized carbons (Fsp3) is 0.250. The van der Waals surface area contributed by atoms with Crippen LogP contribution in [-0.2, 0) is 11.3 Å². The molecule has 19 heavy (non-hydrogen) atoms. The van der Waals surface area contributed by atoms with Gasteiger partial charge in [-0.2, -0.15) is 5.26 Å². The predicted molar refractivity (Wildman–Crippen MR) is 65.0 cm³/mol. The van der Waals surface area contributed by atoms with Crippen LogP contribution in [-0.4, -0.2) is 34.9 Å². The van der Waals surface area contributed by atoms with E-state index in [1.807, 2.05) is 6.07 Å². The summed E-state index contributed by atoms with van der Waals surface area (Å²) in [7, 11) is 0. The van der Waals surface area contributed by atoms with Crippen molar-refractivity contribution in [1.29, 1.82) is 5.26 Å². The van der Waals surface area contributed by atoms with E-state index >= 15 is 0 Å². The average molecular weight is 263 g/mol. The average Bonchev–Trinajstić information content (AvgIpc) is 2.42. The van der Waals surface area contributed by atoms with Crippen LogP contribution >= 0.6 is 0 Å². The normalized spacial score (nSPS) is 11.2. The summed E-state index contributed by atoms with van der Waals surface area (Å²) in [6.07, 6.45) is 0. The lowest BCUT2D eigenvalue weighted by atomic mass is 10.1. The van der Waals surface area contributed by atoms with E-state index in [1.54, 1.807) is 24.3 Å². The zero-order valence-corrected chi connectivity index (χ0v) is 9.96. The Morgan fingerprint density at radius 3 is 2.42 bits per heavy atom. The molecular formula is C12H13N3O4. The van der Waals surface area contributed by atoms with E-state index in [0.717, 1.165) is 5.56 Å².